The van der Waals surface area contributed by atoms with Crippen LogP contribution in [-0.2, 0) is 4.74 Å². The van der Waals surface area contributed by atoms with E-state index >= 15 is 0 Å². The van der Waals surface area contributed by atoms with Gasteiger partial charge in [-0.15, -0.1) is 0 Å². The second-order valence-corrected chi connectivity index (χ2v) is 8.37. The van der Waals surface area contributed by atoms with Crippen LogP contribution in [0, 0.1) is 0 Å². The molecule has 0 aromatic rings. The van der Waals surface area contributed by atoms with Gasteiger partial charge in [-0.2, -0.15) is 0 Å². The molecule has 22 heavy (non-hydrogen) atoms. The molecule has 4 aliphatic rings. The highest BCUT2D eigenvalue weighted by Crippen LogP contribution is 2.49. The van der Waals surface area contributed by atoms with Crippen LogP contribution in [0.15, 0.2) is 0 Å². The molecule has 0 unspecified atom stereocenters. The average molecular weight is 309 g/mol. The number of fused-ring (bicyclic) bond motifs is 3. The third-order valence-electron chi connectivity index (χ3n) is 5.76. The van der Waals surface area contributed by atoms with Crippen molar-refractivity contribution in [2.45, 2.75) is 76.0 Å². The maximum Gasteiger partial charge on any atom is 0.408 e. The Balaban J connectivity index is 1.59. The summed E-state index contributed by atoms with van der Waals surface area (Å²) in [4.78, 5) is 14.8. The van der Waals surface area contributed by atoms with Crippen LogP contribution in [0.3, 0.4) is 0 Å². The number of ether oxygens (including phenoxy) is 1. The Morgan fingerprint density at radius 3 is 2.09 bits per heavy atom. The Kier molecular flexibility index (Phi) is 4.14. The summed E-state index contributed by atoms with van der Waals surface area (Å²) in [7, 11) is 0. The molecular weight excluding hydrogens is 278 g/mol. The summed E-state index contributed by atoms with van der Waals surface area (Å²) >= 11 is 0. The van der Waals surface area contributed by atoms with Crippen LogP contribution in [0.4, 0.5) is 4.79 Å². The zero-order valence-electron chi connectivity index (χ0n) is 14.3. The van der Waals surface area contributed by atoms with E-state index in [9.17, 15) is 4.79 Å². The summed E-state index contributed by atoms with van der Waals surface area (Å²) in [6.07, 6.45) is 6.67. The fraction of sp³-hybridized carbons (Fsp3) is 0.941. The lowest BCUT2D eigenvalue weighted by Crippen LogP contribution is -2.66. The lowest BCUT2D eigenvalue weighted by Gasteiger charge is -2.58. The molecule has 0 atom stereocenters. The van der Waals surface area contributed by atoms with Crippen LogP contribution in [0.2, 0.25) is 0 Å². The molecule has 0 spiro atoms. The quantitative estimate of drug-likeness (QED) is 0.821. The van der Waals surface area contributed by atoms with E-state index in [1.807, 2.05) is 20.8 Å². The van der Waals surface area contributed by atoms with E-state index in [1.54, 1.807) is 0 Å². The van der Waals surface area contributed by atoms with Crippen molar-refractivity contribution < 1.29 is 9.53 Å². The maximum absolute atomic E-state index is 12.1. The van der Waals surface area contributed by atoms with E-state index in [0.29, 0.717) is 5.54 Å². The monoisotopic (exact) mass is 309 g/mol. The minimum absolute atomic E-state index is 0.0158. The van der Waals surface area contributed by atoms with E-state index in [0.717, 1.165) is 32.4 Å². The van der Waals surface area contributed by atoms with Crippen LogP contribution in [-0.4, -0.2) is 53.9 Å². The Morgan fingerprint density at radius 2 is 1.59 bits per heavy atom. The van der Waals surface area contributed by atoms with Gasteiger partial charge in [0.05, 0.1) is 0 Å². The zero-order chi connectivity index (χ0) is 15.8. The van der Waals surface area contributed by atoms with Crippen LogP contribution in [0.5, 0.6) is 0 Å². The van der Waals surface area contributed by atoms with Gasteiger partial charge in [-0.3, -0.25) is 4.90 Å². The molecule has 1 amide bonds. The van der Waals surface area contributed by atoms with Gasteiger partial charge in [-0.1, -0.05) is 0 Å². The minimum atomic E-state index is -0.422. The number of hydrogen-bond donors (Lipinski definition) is 2. The highest BCUT2D eigenvalue weighted by Gasteiger charge is 2.52. The molecule has 126 valence electrons. The molecule has 4 fully saturated rings. The number of nitrogens with one attached hydrogen (secondary N) is 2. The van der Waals surface area contributed by atoms with Gasteiger partial charge in [0.25, 0.3) is 0 Å². The topological polar surface area (TPSA) is 53.6 Å². The number of alkyl carbamates (subject to hydrolysis) is 1. The predicted octanol–water partition coefficient (Wildman–Crippen LogP) is 2.26. The van der Waals surface area contributed by atoms with Gasteiger partial charge in [0.15, 0.2) is 0 Å². The molecule has 1 saturated heterocycles. The Labute approximate surface area is 134 Å². The zero-order valence-corrected chi connectivity index (χ0v) is 14.3. The van der Waals surface area contributed by atoms with Crippen LogP contribution in [0.1, 0.15) is 59.3 Å². The van der Waals surface area contributed by atoms with Gasteiger partial charge in [0.1, 0.15) is 5.60 Å². The number of amides is 1. The average Bonchev–Trinajstić information content (AvgIpc) is 2.47. The number of nitrogens with zero attached hydrogens (tertiary/aromatic N) is 1. The van der Waals surface area contributed by atoms with Crippen LogP contribution < -0.4 is 10.6 Å². The summed E-state index contributed by atoms with van der Waals surface area (Å²) < 4.78 is 5.46. The molecule has 1 aliphatic heterocycles. The Morgan fingerprint density at radius 1 is 1.05 bits per heavy atom. The normalized spacial score (nSPS) is 36.1. The van der Waals surface area contributed by atoms with Crippen molar-refractivity contribution in [3.63, 3.8) is 0 Å². The Bertz CT molecular complexity index is 400. The standard InChI is InChI=1S/C17H31N3O2/c1-15(2,3)22-14(21)19-16-4-7-17(8-5-16,9-6-16)20-12-10-18-11-13-20/h18H,4-13H2,1-3H3,(H,19,21). The molecule has 4 rings (SSSR count). The first-order valence-corrected chi connectivity index (χ1v) is 8.80. The second kappa shape index (κ2) is 5.68. The first-order valence-electron chi connectivity index (χ1n) is 8.80. The molecule has 0 aromatic carbocycles. The third-order valence-corrected chi connectivity index (χ3v) is 5.76. The molecule has 0 aromatic heterocycles. The summed E-state index contributed by atoms with van der Waals surface area (Å²) in [6.45, 7) is 10.3. The van der Waals surface area contributed by atoms with E-state index in [2.05, 4.69) is 15.5 Å². The lowest BCUT2D eigenvalue weighted by molar-refractivity contribution is -0.0413. The molecular formula is C17H31N3O2. The largest absolute Gasteiger partial charge is 0.444 e. The first-order chi connectivity index (χ1) is 10.3. The number of piperazine rings is 1. The fourth-order valence-corrected chi connectivity index (χ4v) is 4.49. The van der Waals surface area contributed by atoms with Crippen molar-refractivity contribution in [2.75, 3.05) is 26.2 Å². The van der Waals surface area contributed by atoms with Crippen molar-refractivity contribution in [1.82, 2.24) is 15.5 Å². The molecule has 3 saturated carbocycles. The predicted molar refractivity (Wildman–Crippen MR) is 87.0 cm³/mol. The van der Waals surface area contributed by atoms with Gasteiger partial charge < -0.3 is 15.4 Å². The van der Waals surface area contributed by atoms with Crippen molar-refractivity contribution in [3.8, 4) is 0 Å². The fourth-order valence-electron chi connectivity index (χ4n) is 4.49. The van der Waals surface area contributed by atoms with E-state index in [4.69, 9.17) is 4.74 Å². The highest BCUT2D eigenvalue weighted by molar-refractivity contribution is 5.69. The molecule has 5 heteroatoms. The molecule has 0 radical (unpaired) electrons. The molecule has 3 aliphatic carbocycles. The highest BCUT2D eigenvalue weighted by atomic mass is 16.6. The number of carbonyl (C=O) groups is 1. The summed E-state index contributed by atoms with van der Waals surface area (Å²) in [5.41, 5.74) is -0.0355. The van der Waals surface area contributed by atoms with Gasteiger partial charge in [-0.25, -0.2) is 4.79 Å². The molecule has 2 bridgehead atoms. The van der Waals surface area contributed by atoms with Gasteiger partial charge >= 0.3 is 6.09 Å². The van der Waals surface area contributed by atoms with Crippen molar-refractivity contribution in [1.29, 1.82) is 0 Å². The minimum Gasteiger partial charge on any atom is -0.444 e. The second-order valence-electron chi connectivity index (χ2n) is 8.37. The van der Waals surface area contributed by atoms with Crippen LogP contribution in [0.25, 0.3) is 0 Å². The number of carbonyl (C=O) groups excluding carboxylic acids is 1. The van der Waals surface area contributed by atoms with E-state index in [-0.39, 0.29) is 11.6 Å². The first kappa shape index (κ1) is 16.1. The summed E-state index contributed by atoms with van der Waals surface area (Å²) in [6, 6.07) is 0. The summed E-state index contributed by atoms with van der Waals surface area (Å²) in [5, 5.41) is 6.65. The van der Waals surface area contributed by atoms with Gasteiger partial charge in [-0.05, 0) is 59.3 Å². The van der Waals surface area contributed by atoms with Crippen LogP contribution >= 0.6 is 0 Å². The number of hydrogen-bond acceptors (Lipinski definition) is 4. The van der Waals surface area contributed by atoms with Gasteiger partial charge in [0.2, 0.25) is 0 Å². The third kappa shape index (κ3) is 3.25. The van der Waals surface area contributed by atoms with Gasteiger partial charge in [0, 0.05) is 37.3 Å². The van der Waals surface area contributed by atoms with E-state index in [1.165, 1.54) is 32.4 Å². The smallest absolute Gasteiger partial charge is 0.408 e. The van der Waals surface area contributed by atoms with Crippen molar-refractivity contribution >= 4 is 6.09 Å². The maximum atomic E-state index is 12.1. The molecule has 2 N–H and O–H groups in total. The Hall–Kier alpha value is -0.810. The summed E-state index contributed by atoms with van der Waals surface area (Å²) in [5.74, 6) is 0. The SMILES string of the molecule is CC(C)(C)OC(=O)NC12CCC(N3CCNCC3)(CC1)CC2. The van der Waals surface area contributed by atoms with Crippen molar-refractivity contribution in [3.05, 3.63) is 0 Å². The van der Waals surface area contributed by atoms with E-state index < -0.39 is 5.60 Å². The molecule has 5 nitrogen and oxygen atoms in total. The van der Waals surface area contributed by atoms with Crippen molar-refractivity contribution in [2.24, 2.45) is 0 Å². The number of rotatable bonds is 2. The molecule has 1 heterocycles. The lowest BCUT2D eigenvalue weighted by atomic mass is 9.60.